The van der Waals surface area contributed by atoms with Crippen LogP contribution >= 0.6 is 11.6 Å². The summed E-state index contributed by atoms with van der Waals surface area (Å²) in [6.45, 7) is 0. The van der Waals surface area contributed by atoms with Crippen LogP contribution in [-0.2, 0) is 4.84 Å². The third-order valence-electron chi connectivity index (χ3n) is 3.91. The van der Waals surface area contributed by atoms with Crippen molar-refractivity contribution in [3.8, 4) is 17.0 Å². The van der Waals surface area contributed by atoms with Crippen molar-refractivity contribution in [3.05, 3.63) is 75.8 Å². The Bertz CT molecular complexity index is 1160. The molecule has 0 fully saturated rings. The zero-order valence-electron chi connectivity index (χ0n) is 15.3. The lowest BCUT2D eigenvalue weighted by Gasteiger charge is -2.10. The Hall–Kier alpha value is -3.92. The van der Waals surface area contributed by atoms with Gasteiger partial charge in [0.05, 0.1) is 16.3 Å². The number of hydrogen-bond donors (Lipinski definition) is 2. The van der Waals surface area contributed by atoms with Gasteiger partial charge in [0.15, 0.2) is 11.1 Å². The molecule has 0 radical (unpaired) electrons. The fourth-order valence-corrected chi connectivity index (χ4v) is 2.68. The van der Waals surface area contributed by atoms with E-state index in [0.29, 0.717) is 5.56 Å². The zero-order valence-corrected chi connectivity index (χ0v) is 16.1. The van der Waals surface area contributed by atoms with E-state index in [4.69, 9.17) is 11.6 Å². The lowest BCUT2D eigenvalue weighted by Crippen LogP contribution is -2.19. The van der Waals surface area contributed by atoms with E-state index in [9.17, 15) is 19.2 Å². The second-order valence-electron chi connectivity index (χ2n) is 5.75. The number of benzene rings is 1. The normalized spacial score (nSPS) is 11.1. The van der Waals surface area contributed by atoms with E-state index in [1.807, 2.05) is 0 Å². The molecule has 2 aromatic heterocycles. The van der Waals surface area contributed by atoms with Crippen LogP contribution in [0.15, 0.2) is 59.1 Å². The van der Waals surface area contributed by atoms with Crippen molar-refractivity contribution >= 4 is 29.1 Å². The molecule has 152 valence electrons. The van der Waals surface area contributed by atoms with Crippen LogP contribution in [-0.4, -0.2) is 33.9 Å². The molecule has 0 aliphatic carbocycles. The highest BCUT2D eigenvalue weighted by molar-refractivity contribution is 6.31. The molecule has 2 heterocycles. The fraction of sp³-hybridized carbons (Fsp3) is 0.0526. The third kappa shape index (κ3) is 4.39. The van der Waals surface area contributed by atoms with Gasteiger partial charge in [0, 0.05) is 25.0 Å². The predicted octanol–water partition coefficient (Wildman–Crippen LogP) is 3.78. The van der Waals surface area contributed by atoms with E-state index in [0.717, 1.165) is 6.07 Å². The maximum absolute atomic E-state index is 13.4. The average molecular weight is 430 g/mol. The smallest absolute Gasteiger partial charge is 0.269 e. The molecule has 0 saturated carbocycles. The van der Waals surface area contributed by atoms with E-state index in [1.165, 1.54) is 49.8 Å². The summed E-state index contributed by atoms with van der Waals surface area (Å²) in [5.41, 5.74) is 0.717. The van der Waals surface area contributed by atoms with Crippen LogP contribution in [0.4, 0.5) is 10.1 Å². The van der Waals surface area contributed by atoms with Crippen LogP contribution in [0.1, 0.15) is 16.1 Å². The van der Waals surface area contributed by atoms with Crippen LogP contribution in [0.3, 0.4) is 0 Å². The van der Waals surface area contributed by atoms with Crippen molar-refractivity contribution < 1.29 is 19.1 Å². The van der Waals surface area contributed by atoms with Crippen molar-refractivity contribution in [2.75, 3.05) is 7.05 Å². The quantitative estimate of drug-likeness (QED) is 0.275. The maximum atomic E-state index is 13.4. The van der Waals surface area contributed by atoms with Gasteiger partial charge in [-0.2, -0.15) is 0 Å². The van der Waals surface area contributed by atoms with Gasteiger partial charge in [0.1, 0.15) is 17.2 Å². The summed E-state index contributed by atoms with van der Waals surface area (Å²) in [6, 6.07) is 7.90. The summed E-state index contributed by atoms with van der Waals surface area (Å²) in [7, 11) is 1.46. The molecule has 0 aliphatic rings. The molecule has 1 aromatic carbocycles. The standard InChI is InChI=1S/C19H13ClFN5O4/c1-22-18(28)15-8-10(4-6-23-15)16-17(27)12(5-7-24-16)19(30-26-29)25-11-2-3-14(21)13(20)9-11/h2-9,27H,1H3,(H,22,28)/b25-19-. The first kappa shape index (κ1) is 20.8. The first-order chi connectivity index (χ1) is 14.4. The van der Waals surface area contributed by atoms with Gasteiger partial charge in [-0.15, -0.1) is 4.91 Å². The third-order valence-corrected chi connectivity index (χ3v) is 4.19. The second kappa shape index (κ2) is 9.05. The number of rotatable bonds is 5. The van der Waals surface area contributed by atoms with Crippen LogP contribution in [0.2, 0.25) is 5.02 Å². The SMILES string of the molecule is CNC(=O)c1cc(-c2nccc(/C(=N/c3ccc(F)c(Cl)c3)ON=O)c2O)ccn1. The molecule has 0 unspecified atom stereocenters. The highest BCUT2D eigenvalue weighted by atomic mass is 35.5. The lowest BCUT2D eigenvalue weighted by molar-refractivity contribution is 0.0958. The maximum Gasteiger partial charge on any atom is 0.269 e. The number of hydrogen-bond acceptors (Lipinski definition) is 8. The molecular formula is C19H13ClFN5O4. The Morgan fingerprint density at radius 2 is 1.97 bits per heavy atom. The largest absolute Gasteiger partial charge is 0.505 e. The molecule has 0 spiro atoms. The molecule has 1 amide bonds. The summed E-state index contributed by atoms with van der Waals surface area (Å²) in [4.78, 5) is 39.3. The lowest BCUT2D eigenvalue weighted by atomic mass is 10.1. The van der Waals surface area contributed by atoms with Gasteiger partial charge in [0.25, 0.3) is 11.8 Å². The molecule has 3 aromatic rings. The Morgan fingerprint density at radius 1 is 1.20 bits per heavy atom. The van der Waals surface area contributed by atoms with Crippen LogP contribution < -0.4 is 5.32 Å². The van der Waals surface area contributed by atoms with Crippen LogP contribution in [0, 0.1) is 10.7 Å². The van der Waals surface area contributed by atoms with Crippen molar-refractivity contribution in [1.29, 1.82) is 0 Å². The molecule has 2 N–H and O–H groups in total. The van der Waals surface area contributed by atoms with E-state index in [1.54, 1.807) is 0 Å². The average Bonchev–Trinajstić information content (AvgIpc) is 2.75. The Morgan fingerprint density at radius 3 is 2.67 bits per heavy atom. The number of nitrogens with one attached hydrogen (secondary N) is 1. The van der Waals surface area contributed by atoms with Gasteiger partial charge in [-0.1, -0.05) is 11.6 Å². The predicted molar refractivity (Wildman–Crippen MR) is 107 cm³/mol. The number of aromatic nitrogens is 2. The van der Waals surface area contributed by atoms with Gasteiger partial charge < -0.3 is 15.3 Å². The van der Waals surface area contributed by atoms with Crippen molar-refractivity contribution in [3.63, 3.8) is 0 Å². The molecule has 0 saturated heterocycles. The number of aromatic hydroxyl groups is 1. The number of amides is 1. The molecule has 3 rings (SSSR count). The number of nitrogens with zero attached hydrogens (tertiary/aromatic N) is 4. The van der Waals surface area contributed by atoms with Gasteiger partial charge >= 0.3 is 0 Å². The molecule has 9 nitrogen and oxygen atoms in total. The summed E-state index contributed by atoms with van der Waals surface area (Å²) in [6.07, 6.45) is 2.72. The first-order valence-electron chi connectivity index (χ1n) is 8.35. The molecule has 30 heavy (non-hydrogen) atoms. The first-order valence-corrected chi connectivity index (χ1v) is 8.72. The van der Waals surface area contributed by atoms with Gasteiger partial charge in [-0.05, 0) is 36.4 Å². The number of carbonyl (C=O) groups excluding carboxylic acids is 1. The van der Waals surface area contributed by atoms with E-state index in [2.05, 4.69) is 30.5 Å². The zero-order chi connectivity index (χ0) is 21.7. The second-order valence-corrected chi connectivity index (χ2v) is 6.15. The minimum absolute atomic E-state index is 0.0154. The Kier molecular flexibility index (Phi) is 6.28. The monoisotopic (exact) mass is 429 g/mol. The van der Waals surface area contributed by atoms with Crippen LogP contribution in [0.25, 0.3) is 11.3 Å². The fourth-order valence-electron chi connectivity index (χ4n) is 2.50. The minimum Gasteiger partial charge on any atom is -0.505 e. The van der Waals surface area contributed by atoms with E-state index < -0.39 is 11.7 Å². The van der Waals surface area contributed by atoms with Crippen molar-refractivity contribution in [2.24, 2.45) is 10.3 Å². The number of pyridine rings is 2. The van der Waals surface area contributed by atoms with Crippen LogP contribution in [0.5, 0.6) is 5.75 Å². The van der Waals surface area contributed by atoms with Crippen molar-refractivity contribution in [2.45, 2.75) is 0 Å². The number of carbonyl (C=O) groups is 1. The topological polar surface area (TPSA) is 126 Å². The minimum atomic E-state index is -0.648. The highest BCUT2D eigenvalue weighted by Crippen LogP contribution is 2.32. The molecule has 0 aliphatic heterocycles. The van der Waals surface area contributed by atoms with Crippen molar-refractivity contribution in [1.82, 2.24) is 15.3 Å². The van der Waals surface area contributed by atoms with Gasteiger partial charge in [0.2, 0.25) is 0 Å². The van der Waals surface area contributed by atoms with E-state index in [-0.39, 0.29) is 39.3 Å². The summed E-state index contributed by atoms with van der Waals surface area (Å²) < 4.78 is 13.4. The molecular weight excluding hydrogens is 417 g/mol. The van der Waals surface area contributed by atoms with E-state index >= 15 is 0 Å². The summed E-state index contributed by atoms with van der Waals surface area (Å²) in [5.74, 6) is -1.82. The molecule has 11 heteroatoms. The summed E-state index contributed by atoms with van der Waals surface area (Å²) in [5, 5.41) is 15.3. The molecule has 0 bridgehead atoms. The highest BCUT2D eigenvalue weighted by Gasteiger charge is 2.19. The Balaban J connectivity index is 2.09. The summed E-state index contributed by atoms with van der Waals surface area (Å²) >= 11 is 5.74. The van der Waals surface area contributed by atoms with Gasteiger partial charge in [-0.25, -0.2) is 9.38 Å². The number of aliphatic imine (C=N–C) groups is 1. The van der Waals surface area contributed by atoms with Gasteiger partial charge in [-0.3, -0.25) is 14.8 Å². The number of halogens is 2. The molecule has 0 atom stereocenters. The Labute approximate surface area is 174 Å².